The molecule has 1 saturated heterocycles. The Morgan fingerprint density at radius 1 is 0.932 bits per heavy atom. The second-order valence-corrected chi connectivity index (χ2v) is 17.9. The molecule has 324 valence electrons. The fourth-order valence-corrected chi connectivity index (χ4v) is 8.74. The molecule has 14 heteroatoms. The molecule has 0 bridgehead atoms. The first kappa shape index (κ1) is 46.1. The smallest absolute Gasteiger partial charge is 0.243 e. The lowest BCUT2D eigenvalue weighted by atomic mass is 9.80. The van der Waals surface area contributed by atoms with Crippen LogP contribution in [0.1, 0.15) is 90.3 Å². The van der Waals surface area contributed by atoms with E-state index in [-0.39, 0.29) is 49.5 Å². The SMILES string of the molecule is CCC(C)CNC(=O)C(CC(O)C(CC1CCCCC1)NC(=O)C(Cc1cscn1)NC(=O)C(Cc1cccc2ccccc12)NC(=O)CN1CCOCC1)C(C)(C)O. The van der Waals surface area contributed by atoms with Crippen LogP contribution in [0, 0.1) is 17.8 Å². The molecule has 2 aromatic carbocycles. The maximum Gasteiger partial charge on any atom is 0.243 e. The van der Waals surface area contributed by atoms with Gasteiger partial charge in [0.05, 0.1) is 54.6 Å². The largest absolute Gasteiger partial charge is 0.391 e. The summed E-state index contributed by atoms with van der Waals surface area (Å²) in [5, 5.41) is 38.9. The van der Waals surface area contributed by atoms with Gasteiger partial charge in [0.2, 0.25) is 23.6 Å². The molecule has 2 aliphatic rings. The number of rotatable bonds is 21. The van der Waals surface area contributed by atoms with Gasteiger partial charge in [-0.2, -0.15) is 0 Å². The fourth-order valence-electron chi connectivity index (χ4n) is 8.17. The van der Waals surface area contributed by atoms with Gasteiger partial charge in [0.1, 0.15) is 12.1 Å². The van der Waals surface area contributed by atoms with E-state index in [0.717, 1.165) is 54.9 Å². The van der Waals surface area contributed by atoms with Crippen molar-refractivity contribution in [3.63, 3.8) is 0 Å². The zero-order valence-corrected chi connectivity index (χ0v) is 36.1. The molecule has 1 saturated carbocycles. The number of morpholine rings is 1. The Bertz CT molecular complexity index is 1790. The van der Waals surface area contributed by atoms with E-state index in [1.807, 2.05) is 66.6 Å². The molecule has 0 spiro atoms. The molecule has 3 aromatic rings. The van der Waals surface area contributed by atoms with Crippen molar-refractivity contribution in [2.24, 2.45) is 17.8 Å². The molecule has 13 nitrogen and oxygen atoms in total. The third kappa shape index (κ3) is 14.3. The molecule has 6 N–H and O–H groups in total. The summed E-state index contributed by atoms with van der Waals surface area (Å²) in [5.41, 5.74) is 1.72. The van der Waals surface area contributed by atoms with Crippen molar-refractivity contribution in [3.8, 4) is 0 Å². The summed E-state index contributed by atoms with van der Waals surface area (Å²) >= 11 is 1.38. The van der Waals surface area contributed by atoms with Gasteiger partial charge in [0.25, 0.3) is 0 Å². The number of nitrogens with one attached hydrogen (secondary N) is 4. The van der Waals surface area contributed by atoms with Crippen LogP contribution in [0.25, 0.3) is 10.8 Å². The number of ether oxygens (including phenoxy) is 1. The highest BCUT2D eigenvalue weighted by Gasteiger charge is 2.39. The topological polar surface area (TPSA) is 182 Å². The number of aliphatic hydroxyl groups excluding tert-OH is 1. The lowest BCUT2D eigenvalue weighted by molar-refractivity contribution is -0.135. The molecular formula is C45H66N6O7S. The highest BCUT2D eigenvalue weighted by molar-refractivity contribution is 7.07. The number of fused-ring (bicyclic) bond motifs is 1. The Hall–Kier alpha value is -3.95. The van der Waals surface area contributed by atoms with Gasteiger partial charge < -0.3 is 36.2 Å². The molecule has 1 aliphatic carbocycles. The Morgan fingerprint density at radius 2 is 1.63 bits per heavy atom. The third-order valence-electron chi connectivity index (χ3n) is 12.0. The van der Waals surface area contributed by atoms with Gasteiger partial charge in [-0.1, -0.05) is 94.8 Å². The molecule has 6 atom stereocenters. The minimum atomic E-state index is -1.44. The summed E-state index contributed by atoms with van der Waals surface area (Å²) in [7, 11) is 0. The first-order valence-corrected chi connectivity index (χ1v) is 22.5. The zero-order valence-electron chi connectivity index (χ0n) is 35.3. The van der Waals surface area contributed by atoms with Crippen LogP contribution in [0.2, 0.25) is 0 Å². The van der Waals surface area contributed by atoms with E-state index in [1.54, 1.807) is 19.4 Å². The number of nitrogens with zero attached hydrogens (tertiary/aromatic N) is 2. The molecule has 1 aromatic heterocycles. The lowest BCUT2D eigenvalue weighted by Crippen LogP contribution is -2.58. The minimum absolute atomic E-state index is 0.0705. The molecule has 5 rings (SSSR count). The van der Waals surface area contributed by atoms with Crippen LogP contribution >= 0.6 is 11.3 Å². The van der Waals surface area contributed by atoms with Crippen LogP contribution in [0.3, 0.4) is 0 Å². The van der Waals surface area contributed by atoms with Crippen LogP contribution in [0.15, 0.2) is 53.4 Å². The second-order valence-electron chi connectivity index (χ2n) is 17.2. The van der Waals surface area contributed by atoms with Gasteiger partial charge in [-0.25, -0.2) is 4.98 Å². The Labute approximate surface area is 353 Å². The quantitative estimate of drug-likeness (QED) is 0.0920. The van der Waals surface area contributed by atoms with Crippen molar-refractivity contribution in [1.29, 1.82) is 0 Å². The number of thiazole rings is 1. The van der Waals surface area contributed by atoms with Crippen LogP contribution in [0.4, 0.5) is 0 Å². The van der Waals surface area contributed by atoms with E-state index in [4.69, 9.17) is 4.74 Å². The monoisotopic (exact) mass is 834 g/mol. The fraction of sp³-hybridized carbons (Fsp3) is 0.622. The predicted molar refractivity (Wildman–Crippen MR) is 231 cm³/mol. The van der Waals surface area contributed by atoms with Crippen LogP contribution in [-0.4, -0.2) is 113 Å². The zero-order chi connectivity index (χ0) is 42.4. The van der Waals surface area contributed by atoms with Crippen molar-refractivity contribution in [1.82, 2.24) is 31.2 Å². The molecule has 0 radical (unpaired) electrons. The molecule has 2 fully saturated rings. The summed E-state index contributed by atoms with van der Waals surface area (Å²) < 4.78 is 5.46. The van der Waals surface area contributed by atoms with Crippen molar-refractivity contribution in [2.45, 2.75) is 122 Å². The Kier molecular flexibility index (Phi) is 17.7. The van der Waals surface area contributed by atoms with E-state index >= 15 is 0 Å². The Morgan fingerprint density at radius 3 is 2.32 bits per heavy atom. The molecular weight excluding hydrogens is 769 g/mol. The highest BCUT2D eigenvalue weighted by atomic mass is 32.1. The highest BCUT2D eigenvalue weighted by Crippen LogP contribution is 2.31. The molecule has 6 unspecified atom stereocenters. The van der Waals surface area contributed by atoms with Crippen LogP contribution in [0.5, 0.6) is 0 Å². The van der Waals surface area contributed by atoms with E-state index in [0.29, 0.717) is 45.0 Å². The number of aliphatic hydroxyl groups is 2. The number of carbonyl (C=O) groups excluding carboxylic acids is 4. The second kappa shape index (κ2) is 22.6. The van der Waals surface area contributed by atoms with E-state index < -0.39 is 47.6 Å². The normalized spacial score (nSPS) is 18.5. The van der Waals surface area contributed by atoms with Crippen LogP contribution < -0.4 is 21.3 Å². The summed E-state index contributed by atoms with van der Waals surface area (Å²) in [6, 6.07) is 10.9. The number of amides is 4. The van der Waals surface area contributed by atoms with Gasteiger partial charge in [-0.3, -0.25) is 24.1 Å². The average Bonchev–Trinajstić information content (AvgIpc) is 3.74. The van der Waals surface area contributed by atoms with E-state index in [2.05, 4.69) is 26.3 Å². The Balaban J connectivity index is 1.39. The summed E-state index contributed by atoms with van der Waals surface area (Å²) in [5.74, 6) is -2.11. The van der Waals surface area contributed by atoms with Gasteiger partial charge in [-0.15, -0.1) is 11.3 Å². The maximum atomic E-state index is 14.5. The molecule has 1 aliphatic heterocycles. The third-order valence-corrected chi connectivity index (χ3v) is 12.7. The molecule has 2 heterocycles. The van der Waals surface area contributed by atoms with Crippen molar-refractivity contribution in [3.05, 3.63) is 64.6 Å². The number of hydrogen-bond acceptors (Lipinski definition) is 10. The lowest BCUT2D eigenvalue weighted by Gasteiger charge is -2.35. The predicted octanol–water partition coefficient (Wildman–Crippen LogP) is 4.14. The summed E-state index contributed by atoms with van der Waals surface area (Å²) in [6.45, 7) is 10.0. The number of aromatic nitrogens is 1. The number of carbonyl (C=O) groups is 4. The van der Waals surface area contributed by atoms with Crippen molar-refractivity contribution < 1.29 is 34.1 Å². The van der Waals surface area contributed by atoms with Gasteiger partial charge in [-0.05, 0) is 54.9 Å². The minimum Gasteiger partial charge on any atom is -0.391 e. The molecule has 4 amide bonds. The number of hydrogen-bond donors (Lipinski definition) is 6. The van der Waals surface area contributed by atoms with Gasteiger partial charge in [0, 0.05) is 37.9 Å². The van der Waals surface area contributed by atoms with Gasteiger partial charge in [0.15, 0.2) is 0 Å². The summed E-state index contributed by atoms with van der Waals surface area (Å²) in [6.07, 6.45) is 5.58. The first-order valence-electron chi connectivity index (χ1n) is 21.5. The van der Waals surface area contributed by atoms with E-state index in [1.165, 1.54) is 11.3 Å². The van der Waals surface area contributed by atoms with Crippen molar-refractivity contribution in [2.75, 3.05) is 39.4 Å². The van der Waals surface area contributed by atoms with Crippen molar-refractivity contribution >= 4 is 45.7 Å². The molecule has 59 heavy (non-hydrogen) atoms. The number of benzene rings is 2. The van der Waals surface area contributed by atoms with Gasteiger partial charge >= 0.3 is 0 Å². The van der Waals surface area contributed by atoms with E-state index in [9.17, 15) is 29.4 Å². The average molecular weight is 835 g/mol. The summed E-state index contributed by atoms with van der Waals surface area (Å²) in [4.78, 5) is 62.4. The maximum absolute atomic E-state index is 14.5. The first-order chi connectivity index (χ1) is 28.3. The standard InChI is InChI=1S/C45H66N6O7S/c1-5-30(2)26-46-42(54)36(45(3,4)57)25-40(52)37(22-31-12-7-6-8-13-31)49-44(56)39(24-34-28-59-29-47-34)50-43(55)38(48-41(53)27-51-18-20-58-21-19-51)23-33-16-11-15-32-14-9-10-17-35(32)33/h9-11,14-17,28-31,36-40,52,57H,5-8,12-13,18-27H2,1-4H3,(H,46,54)(H,48,53)(H,49,56)(H,50,55). The van der Waals surface area contributed by atoms with Crippen LogP contribution in [-0.2, 0) is 36.8 Å².